The molecule has 0 aliphatic carbocycles. The second-order valence-corrected chi connectivity index (χ2v) is 4.23. The minimum absolute atomic E-state index is 0. The van der Waals surface area contributed by atoms with Crippen molar-refractivity contribution in [3.05, 3.63) is 0 Å². The molecule has 0 atom stereocenters. The van der Waals surface area contributed by atoms with Gasteiger partial charge in [0.25, 0.3) is 0 Å². The maximum absolute atomic E-state index is 11.7. The maximum Gasteiger partial charge on any atom is 0.236 e. The number of amides is 1. The first-order valence-corrected chi connectivity index (χ1v) is 5.71. The Morgan fingerprint density at radius 2 is 2.06 bits per heavy atom. The fourth-order valence-corrected chi connectivity index (χ4v) is 1.74. The van der Waals surface area contributed by atoms with Gasteiger partial charge in [-0.3, -0.25) is 4.79 Å². The molecule has 96 valence electrons. The van der Waals surface area contributed by atoms with Crippen molar-refractivity contribution in [1.29, 1.82) is 0 Å². The van der Waals surface area contributed by atoms with Gasteiger partial charge in [-0.1, -0.05) is 6.92 Å². The normalized spacial score (nSPS) is 17.0. The molecule has 1 fully saturated rings. The van der Waals surface area contributed by atoms with Crippen LogP contribution in [0.15, 0.2) is 0 Å². The first kappa shape index (κ1) is 15.7. The first-order valence-electron chi connectivity index (χ1n) is 5.71. The van der Waals surface area contributed by atoms with Crippen molar-refractivity contribution < 1.29 is 9.53 Å². The minimum Gasteiger partial charge on any atom is -0.383 e. The second-order valence-electron chi connectivity index (χ2n) is 4.23. The zero-order chi connectivity index (χ0) is 11.1. The van der Waals surface area contributed by atoms with E-state index in [1.165, 1.54) is 0 Å². The Balaban J connectivity index is 0.00000225. The van der Waals surface area contributed by atoms with Crippen LogP contribution in [-0.4, -0.2) is 50.7 Å². The lowest BCUT2D eigenvalue weighted by molar-refractivity contribution is -0.131. The Kier molecular flexibility index (Phi) is 8.61. The summed E-state index contributed by atoms with van der Waals surface area (Å²) in [6.07, 6.45) is 2.29. The zero-order valence-electron chi connectivity index (χ0n) is 10.2. The van der Waals surface area contributed by atoms with Crippen molar-refractivity contribution in [2.45, 2.75) is 19.8 Å². The van der Waals surface area contributed by atoms with Gasteiger partial charge in [-0.15, -0.1) is 12.4 Å². The highest BCUT2D eigenvalue weighted by atomic mass is 35.5. The predicted molar refractivity (Wildman–Crippen MR) is 67.0 cm³/mol. The van der Waals surface area contributed by atoms with E-state index in [4.69, 9.17) is 4.74 Å². The van der Waals surface area contributed by atoms with Gasteiger partial charge in [0.05, 0.1) is 13.2 Å². The van der Waals surface area contributed by atoms with Crippen LogP contribution in [0.5, 0.6) is 0 Å². The number of methoxy groups -OCH3 is 1. The maximum atomic E-state index is 11.7. The number of piperidine rings is 1. The highest BCUT2D eigenvalue weighted by Crippen LogP contribution is 2.15. The summed E-state index contributed by atoms with van der Waals surface area (Å²) in [5, 5.41) is 3.08. The molecule has 0 aromatic carbocycles. The van der Waals surface area contributed by atoms with Gasteiger partial charge < -0.3 is 15.0 Å². The molecule has 1 aliphatic heterocycles. The monoisotopic (exact) mass is 250 g/mol. The number of halogens is 1. The number of hydrogen-bond acceptors (Lipinski definition) is 3. The van der Waals surface area contributed by atoms with Crippen molar-refractivity contribution in [3.8, 4) is 0 Å². The van der Waals surface area contributed by atoms with Crippen LogP contribution in [0.2, 0.25) is 0 Å². The van der Waals surface area contributed by atoms with Crippen molar-refractivity contribution in [3.63, 3.8) is 0 Å². The number of likely N-dealkylation sites (tertiary alicyclic amines) is 1. The van der Waals surface area contributed by atoms with E-state index in [1.54, 1.807) is 7.11 Å². The summed E-state index contributed by atoms with van der Waals surface area (Å²) >= 11 is 0. The van der Waals surface area contributed by atoms with E-state index in [1.807, 2.05) is 4.90 Å². The summed E-state index contributed by atoms with van der Waals surface area (Å²) in [5.74, 6) is 0.994. The van der Waals surface area contributed by atoms with Gasteiger partial charge in [-0.25, -0.2) is 0 Å². The van der Waals surface area contributed by atoms with Crippen molar-refractivity contribution in [2.24, 2.45) is 5.92 Å². The van der Waals surface area contributed by atoms with E-state index in [-0.39, 0.29) is 18.3 Å². The van der Waals surface area contributed by atoms with Crippen LogP contribution in [0.25, 0.3) is 0 Å². The van der Waals surface area contributed by atoms with Crippen molar-refractivity contribution >= 4 is 18.3 Å². The number of ether oxygens (including phenoxy) is 1. The summed E-state index contributed by atoms with van der Waals surface area (Å²) in [4.78, 5) is 13.6. The van der Waals surface area contributed by atoms with Gasteiger partial charge in [-0.2, -0.15) is 0 Å². The molecule has 1 heterocycles. The van der Waals surface area contributed by atoms with Gasteiger partial charge in [0.1, 0.15) is 0 Å². The fraction of sp³-hybridized carbons (Fsp3) is 0.909. The molecule has 1 amide bonds. The molecule has 1 N–H and O–H groups in total. The molecule has 1 saturated heterocycles. The van der Waals surface area contributed by atoms with Crippen LogP contribution < -0.4 is 5.32 Å². The molecule has 5 heteroatoms. The average molecular weight is 251 g/mol. The molecule has 0 aromatic heterocycles. The van der Waals surface area contributed by atoms with Crippen LogP contribution in [-0.2, 0) is 9.53 Å². The molecule has 1 rings (SSSR count). The largest absolute Gasteiger partial charge is 0.383 e. The molecule has 0 radical (unpaired) electrons. The third-order valence-corrected chi connectivity index (χ3v) is 2.90. The molecule has 0 bridgehead atoms. The zero-order valence-corrected chi connectivity index (χ0v) is 11.0. The number of hydrogen-bond donors (Lipinski definition) is 1. The fourth-order valence-electron chi connectivity index (χ4n) is 1.74. The number of rotatable bonds is 5. The molecule has 0 unspecified atom stereocenters. The minimum atomic E-state index is 0. The highest BCUT2D eigenvalue weighted by molar-refractivity contribution is 5.85. The first-order chi connectivity index (χ1) is 7.24. The predicted octanol–water partition coefficient (Wildman–Crippen LogP) is 0.903. The molecule has 16 heavy (non-hydrogen) atoms. The van der Waals surface area contributed by atoms with E-state index in [0.29, 0.717) is 13.2 Å². The van der Waals surface area contributed by atoms with E-state index < -0.39 is 0 Å². The number of carbonyl (C=O) groups is 1. The lowest BCUT2D eigenvalue weighted by atomic mass is 9.99. The Morgan fingerprint density at radius 3 is 2.62 bits per heavy atom. The van der Waals surface area contributed by atoms with Crippen LogP contribution in [0.4, 0.5) is 0 Å². The molecule has 0 saturated carbocycles. The lowest BCUT2D eigenvalue weighted by Crippen LogP contribution is -2.43. The molecular formula is C11H23ClN2O2. The topological polar surface area (TPSA) is 41.6 Å². The third kappa shape index (κ3) is 5.68. The van der Waals surface area contributed by atoms with Gasteiger partial charge in [-0.05, 0) is 18.8 Å². The van der Waals surface area contributed by atoms with E-state index in [0.717, 1.165) is 38.4 Å². The van der Waals surface area contributed by atoms with E-state index in [2.05, 4.69) is 12.2 Å². The van der Waals surface area contributed by atoms with Crippen LogP contribution in [0, 0.1) is 5.92 Å². The summed E-state index contributed by atoms with van der Waals surface area (Å²) in [7, 11) is 1.66. The van der Waals surface area contributed by atoms with Gasteiger partial charge in [0, 0.05) is 26.7 Å². The highest BCUT2D eigenvalue weighted by Gasteiger charge is 2.19. The van der Waals surface area contributed by atoms with Crippen LogP contribution in [0.3, 0.4) is 0 Å². The van der Waals surface area contributed by atoms with Gasteiger partial charge in [0.2, 0.25) is 5.91 Å². The standard InChI is InChI=1S/C11H22N2O2.ClH/c1-10-3-6-13(7-4-10)11(14)9-12-5-8-15-2;/h10,12H,3-9H2,1-2H3;1H. The molecule has 4 nitrogen and oxygen atoms in total. The van der Waals surface area contributed by atoms with Crippen LogP contribution in [0.1, 0.15) is 19.8 Å². The summed E-state index contributed by atoms with van der Waals surface area (Å²) in [6.45, 7) is 5.94. The van der Waals surface area contributed by atoms with E-state index >= 15 is 0 Å². The quantitative estimate of drug-likeness (QED) is 0.738. The van der Waals surface area contributed by atoms with Crippen molar-refractivity contribution in [2.75, 3.05) is 39.9 Å². The Labute approximate surface area is 104 Å². The molecule has 1 aliphatic rings. The number of nitrogens with zero attached hydrogens (tertiary/aromatic N) is 1. The SMILES string of the molecule is COCCNCC(=O)N1CCC(C)CC1.Cl. The summed E-state index contributed by atoms with van der Waals surface area (Å²) < 4.78 is 4.90. The smallest absolute Gasteiger partial charge is 0.236 e. The van der Waals surface area contributed by atoms with Gasteiger partial charge >= 0.3 is 0 Å². The van der Waals surface area contributed by atoms with Crippen LogP contribution >= 0.6 is 12.4 Å². The molecular weight excluding hydrogens is 228 g/mol. The third-order valence-electron chi connectivity index (χ3n) is 2.90. The average Bonchev–Trinajstić information content (AvgIpc) is 2.25. The van der Waals surface area contributed by atoms with E-state index in [9.17, 15) is 4.79 Å². The molecule has 0 aromatic rings. The summed E-state index contributed by atoms with van der Waals surface area (Å²) in [6, 6.07) is 0. The Morgan fingerprint density at radius 1 is 1.44 bits per heavy atom. The number of nitrogens with one attached hydrogen (secondary N) is 1. The lowest BCUT2D eigenvalue weighted by Gasteiger charge is -2.30. The molecule has 0 spiro atoms. The second kappa shape index (κ2) is 8.79. The van der Waals surface area contributed by atoms with Gasteiger partial charge in [0.15, 0.2) is 0 Å². The Bertz CT molecular complexity index is 194. The Hall–Kier alpha value is -0.320. The van der Waals surface area contributed by atoms with Crippen molar-refractivity contribution in [1.82, 2.24) is 10.2 Å². The summed E-state index contributed by atoms with van der Waals surface area (Å²) in [5.41, 5.74) is 0. The number of carbonyl (C=O) groups excluding carboxylic acids is 1.